The molecule has 6 amide bonds. The Bertz CT molecular complexity index is 4230. The zero-order valence-electron chi connectivity index (χ0n) is 46.5. The molecule has 502 valence electrons. The van der Waals surface area contributed by atoms with E-state index in [0.717, 1.165) is 31.4 Å². The van der Waals surface area contributed by atoms with Crippen LogP contribution in [0.15, 0.2) is 48.5 Å². The number of benzene rings is 4. The number of nitrogens with zero attached hydrogens (tertiary/aromatic N) is 8. The predicted octanol–water partition coefficient (Wildman–Crippen LogP) is -10.7. The number of carbonyl (C=O) groups is 6. The third kappa shape index (κ3) is 8.81. The van der Waals surface area contributed by atoms with Crippen LogP contribution in [0.2, 0.25) is 0 Å². The molecule has 94 heavy (non-hydrogen) atoms. The first-order valence-corrected chi connectivity index (χ1v) is 25.7. The molecule has 0 saturated carbocycles. The van der Waals surface area contributed by atoms with Gasteiger partial charge in [0, 0.05) is 22.7 Å². The minimum absolute atomic E-state index is 0.00478. The fraction of sp³-hybridized carbons (Fsp3) is 0.280. The lowest BCUT2D eigenvalue weighted by Gasteiger charge is -2.55. The molecular weight excluding hydrogens is 1280 g/mol. The molecule has 44 nitrogen and oxygen atoms in total. The first kappa shape index (κ1) is 66.3. The van der Waals surface area contributed by atoms with Crippen LogP contribution in [0.3, 0.4) is 0 Å². The van der Waals surface area contributed by atoms with E-state index in [2.05, 4.69) is 10.2 Å². The van der Waals surface area contributed by atoms with Crippen LogP contribution >= 0.6 is 0 Å². The van der Waals surface area contributed by atoms with E-state index in [9.17, 15) is 156 Å². The number of methoxy groups -OCH3 is 1. The first-order chi connectivity index (χ1) is 43.2. The summed E-state index contributed by atoms with van der Waals surface area (Å²) >= 11 is 0. The second kappa shape index (κ2) is 20.7. The van der Waals surface area contributed by atoms with Gasteiger partial charge in [-0.1, -0.05) is 0 Å². The summed E-state index contributed by atoms with van der Waals surface area (Å²) in [5, 5.41) is 279. The van der Waals surface area contributed by atoms with Gasteiger partial charge in [0.25, 0.3) is 35.3 Å². The zero-order valence-corrected chi connectivity index (χ0v) is 46.5. The number of amides is 6. The SMILES string of the molecule is COc1c(O)c(O)c(-n2nc(C(N)=O)c3c2C(=O)N(c2ccc(N4C(=O)CC(O)(O)C(O)(OCOc5c(O)c(O)c(-n6nc(C(N)=O)c7c6C(=O)N(c6ccc(N8C(=O)C(O)(O)C(O)(O)C(O)(O)C8(O)O)cc6)CC7(O)O)c(O)c5O)C4(O)O)cc2)CC3(O)O)c(O)c1O. The van der Waals surface area contributed by atoms with Crippen LogP contribution in [0, 0.1) is 0 Å². The van der Waals surface area contributed by atoms with E-state index in [0.29, 0.717) is 34.1 Å². The van der Waals surface area contributed by atoms with E-state index in [1.54, 1.807) is 0 Å². The fourth-order valence-electron chi connectivity index (χ4n) is 10.8. The van der Waals surface area contributed by atoms with Crippen molar-refractivity contribution in [1.29, 1.82) is 0 Å². The molecule has 4 aromatic carbocycles. The predicted molar refractivity (Wildman–Crippen MR) is 287 cm³/mol. The minimum Gasteiger partial charge on any atom is -0.503 e. The Hall–Kier alpha value is -10.6. The number of fused-ring (bicyclic) bond motifs is 2. The molecule has 2 saturated heterocycles. The van der Waals surface area contributed by atoms with E-state index >= 15 is 0 Å². The highest BCUT2D eigenvalue weighted by Gasteiger charge is 2.81. The molecule has 2 fully saturated rings. The summed E-state index contributed by atoms with van der Waals surface area (Å²) in [5.41, 5.74) is -1.37. The summed E-state index contributed by atoms with van der Waals surface area (Å²) in [6.45, 7) is -4.47. The van der Waals surface area contributed by atoms with Crippen LogP contribution in [0.5, 0.6) is 57.5 Å². The standard InChI is InChI=1S/C50H48N10O34/c1-92-35-31(66)27(62)25(28(63)32(35)67)59-23-19(21(53-59)37(51)70)42(75,76)11-55(39(23)72)14-2-6-16(7-3-14)57-18(61)10-44(79,80)48(87,50(57,90)91)94-13-93-36-33(68)29(64)26(30(65)34(36)69)60-24-20(22(54-60)38(52)71)43(77,78)12-56(40(24)73)15-4-8-17(9-5-15)58-41(74)45(81,82)46(83,84)47(85,86)49(58,88)89/h2-9,62-69,75-91H,10-13H2,1H3,(H2,51,70)(H2,52,71). The molecule has 4 aliphatic heterocycles. The fourth-order valence-corrected chi connectivity index (χ4v) is 10.8. The number of ether oxygens (including phenoxy) is 3. The summed E-state index contributed by atoms with van der Waals surface area (Å²) in [7, 11) is 0.897. The minimum atomic E-state index is -4.80. The summed E-state index contributed by atoms with van der Waals surface area (Å²) in [4.78, 5) is 80.7. The summed E-state index contributed by atoms with van der Waals surface area (Å²) in [6.07, 6.45) is -1.74. The molecule has 1 unspecified atom stereocenters. The Morgan fingerprint density at radius 1 is 0.500 bits per heavy atom. The molecule has 44 heteroatoms. The van der Waals surface area contributed by atoms with Gasteiger partial charge in [-0.2, -0.15) is 10.2 Å². The highest BCUT2D eigenvalue weighted by atomic mass is 16.8. The average molecular weight is 1330 g/mol. The third-order valence-electron chi connectivity index (χ3n) is 15.5. The van der Waals surface area contributed by atoms with Crippen molar-refractivity contribution in [2.24, 2.45) is 11.5 Å². The number of phenols is 8. The summed E-state index contributed by atoms with van der Waals surface area (Å²) in [6, 6.07) is 5.71. The number of piperidine rings is 2. The molecule has 0 radical (unpaired) electrons. The van der Waals surface area contributed by atoms with Gasteiger partial charge >= 0.3 is 29.2 Å². The summed E-state index contributed by atoms with van der Waals surface area (Å²) < 4.78 is 14.9. The van der Waals surface area contributed by atoms with Crippen molar-refractivity contribution in [2.45, 2.75) is 58.8 Å². The lowest BCUT2D eigenvalue weighted by Crippen LogP contribution is -2.88. The van der Waals surface area contributed by atoms with Crippen molar-refractivity contribution >= 4 is 58.2 Å². The van der Waals surface area contributed by atoms with Gasteiger partial charge < -0.3 is 163 Å². The van der Waals surface area contributed by atoms with Gasteiger partial charge in [0.1, 0.15) is 11.4 Å². The van der Waals surface area contributed by atoms with Crippen molar-refractivity contribution in [2.75, 3.05) is 46.6 Å². The molecule has 0 spiro atoms. The van der Waals surface area contributed by atoms with E-state index < -0.39 is 245 Å². The van der Waals surface area contributed by atoms with Gasteiger partial charge in [-0.3, -0.25) is 38.6 Å². The van der Waals surface area contributed by atoms with Crippen LogP contribution < -0.4 is 40.5 Å². The monoisotopic (exact) mass is 1330 g/mol. The number of carbonyl (C=O) groups excluding carboxylic acids is 6. The van der Waals surface area contributed by atoms with Crippen LogP contribution in [-0.2, 0) is 25.9 Å². The van der Waals surface area contributed by atoms with Crippen molar-refractivity contribution in [3.63, 3.8) is 0 Å². The number of aliphatic hydroxyl groups is 17. The molecule has 29 N–H and O–H groups in total. The smallest absolute Gasteiger partial charge is 0.316 e. The molecule has 10 rings (SSSR count). The van der Waals surface area contributed by atoms with Gasteiger partial charge in [-0.15, -0.1) is 0 Å². The number of anilines is 4. The maximum absolute atomic E-state index is 14.4. The highest BCUT2D eigenvalue weighted by molar-refractivity contribution is 6.12. The zero-order chi connectivity index (χ0) is 70.2. The Labute approximate surface area is 515 Å². The Balaban J connectivity index is 0.930. The van der Waals surface area contributed by atoms with Crippen LogP contribution in [0.25, 0.3) is 11.4 Å². The van der Waals surface area contributed by atoms with E-state index in [-0.39, 0.29) is 14.3 Å². The number of nitrogens with two attached hydrogens (primary N) is 2. The number of aromatic hydroxyl groups is 8. The lowest BCUT2D eigenvalue weighted by molar-refractivity contribution is -0.505. The maximum atomic E-state index is 14.4. The normalized spacial score (nSPS) is 21.2. The number of β-amino-alcohol motifs (C(OH)–C–C–N with tert-alkyl or cyclic N) is 4. The van der Waals surface area contributed by atoms with Crippen LogP contribution in [0.1, 0.15) is 59.5 Å². The van der Waals surface area contributed by atoms with Crippen molar-refractivity contribution < 1.29 is 171 Å². The van der Waals surface area contributed by atoms with Gasteiger partial charge in [0.2, 0.25) is 57.8 Å². The van der Waals surface area contributed by atoms with Crippen molar-refractivity contribution in [1.82, 2.24) is 19.6 Å². The summed E-state index contributed by atoms with van der Waals surface area (Å²) in [5.74, 6) is -63.4. The quantitative estimate of drug-likeness (QED) is 0.0290. The molecule has 4 aliphatic rings. The molecule has 0 bridgehead atoms. The molecule has 6 aromatic rings. The van der Waals surface area contributed by atoms with Gasteiger partial charge in [0.05, 0.1) is 37.7 Å². The van der Waals surface area contributed by atoms with E-state index in [1.165, 1.54) is 0 Å². The molecule has 2 aromatic heterocycles. The van der Waals surface area contributed by atoms with Gasteiger partial charge in [-0.25, -0.2) is 9.36 Å². The van der Waals surface area contributed by atoms with Crippen molar-refractivity contribution in [3.8, 4) is 68.9 Å². The molecular formula is C50H48N10O34. The second-order valence-electron chi connectivity index (χ2n) is 21.2. The number of aromatic nitrogens is 4. The number of phenolic OH excluding ortho intramolecular Hbond substituents is 8. The lowest BCUT2D eigenvalue weighted by atomic mass is 9.86. The largest absolute Gasteiger partial charge is 0.503 e. The average Bonchev–Trinajstić information content (AvgIpc) is 0.900. The van der Waals surface area contributed by atoms with Gasteiger partial charge in [0.15, 0.2) is 52.6 Å². The second-order valence-corrected chi connectivity index (χ2v) is 21.2. The number of primary amides is 2. The number of hydrogen-bond donors (Lipinski definition) is 27. The number of hydrogen-bond acceptors (Lipinski definition) is 36. The first-order valence-electron chi connectivity index (χ1n) is 25.7. The molecule has 0 aliphatic carbocycles. The third-order valence-corrected chi connectivity index (χ3v) is 15.5. The van der Waals surface area contributed by atoms with Gasteiger partial charge in [-0.05, 0) is 48.5 Å². The molecule has 6 heterocycles. The Morgan fingerprint density at radius 3 is 1.23 bits per heavy atom. The Kier molecular flexibility index (Phi) is 14.6. The topological polar surface area (TPSA) is 737 Å². The van der Waals surface area contributed by atoms with E-state index in [4.69, 9.17) is 25.7 Å². The highest BCUT2D eigenvalue weighted by Crippen LogP contribution is 2.57. The van der Waals surface area contributed by atoms with Crippen LogP contribution in [0.4, 0.5) is 22.7 Å². The Morgan fingerprint density at radius 2 is 0.862 bits per heavy atom. The van der Waals surface area contributed by atoms with Crippen LogP contribution in [-0.4, -0.2) is 250 Å². The molecule has 1 atom stereocenters. The maximum Gasteiger partial charge on any atom is 0.316 e. The van der Waals surface area contributed by atoms with Crippen molar-refractivity contribution in [3.05, 3.63) is 82.4 Å². The number of rotatable bonds is 13. The van der Waals surface area contributed by atoms with E-state index in [1.807, 2.05) is 0 Å².